The van der Waals surface area contributed by atoms with E-state index in [-0.39, 0.29) is 29.2 Å². The van der Waals surface area contributed by atoms with Gasteiger partial charge in [-0.15, -0.1) is 0 Å². The van der Waals surface area contributed by atoms with Gasteiger partial charge in [-0.25, -0.2) is 17.5 Å². The lowest BCUT2D eigenvalue weighted by Crippen LogP contribution is -2.38. The number of nitrogens with one attached hydrogen (secondary N) is 3. The highest BCUT2D eigenvalue weighted by Gasteiger charge is 2.28. The Balaban J connectivity index is 1.46. The number of anilines is 1. The first-order chi connectivity index (χ1) is 14.3. The van der Waals surface area contributed by atoms with Crippen LogP contribution in [0.15, 0.2) is 47.4 Å². The molecule has 0 aromatic heterocycles. The van der Waals surface area contributed by atoms with E-state index >= 15 is 0 Å². The molecule has 162 valence electrons. The molecule has 1 aliphatic carbocycles. The summed E-state index contributed by atoms with van der Waals surface area (Å²) in [5.41, 5.74) is 5.95. The molecule has 1 saturated carbocycles. The van der Waals surface area contributed by atoms with E-state index in [1.807, 2.05) is 0 Å². The van der Waals surface area contributed by atoms with Crippen molar-refractivity contribution in [3.8, 4) is 0 Å². The third-order valence-corrected chi connectivity index (χ3v) is 7.45. The minimum atomic E-state index is -3.90. The van der Waals surface area contributed by atoms with Crippen LogP contribution < -0.4 is 15.6 Å². The van der Waals surface area contributed by atoms with Gasteiger partial charge in [0.05, 0.1) is 15.7 Å². The van der Waals surface area contributed by atoms with E-state index in [0.29, 0.717) is 41.4 Å². The third-order valence-electron chi connectivity index (χ3n) is 5.18. The van der Waals surface area contributed by atoms with Crippen LogP contribution in [0.2, 0.25) is 10.0 Å². The average Bonchev–Trinajstić information content (AvgIpc) is 2.74. The zero-order chi connectivity index (χ0) is 21.7. The second-order valence-electron chi connectivity index (χ2n) is 7.22. The normalized spacial score (nSPS) is 19.3. The molecule has 6 nitrogen and oxygen atoms in total. The lowest BCUT2D eigenvalue weighted by atomic mass is 9.82. The van der Waals surface area contributed by atoms with Gasteiger partial charge >= 0.3 is 0 Å². The van der Waals surface area contributed by atoms with Crippen LogP contribution in [0, 0.1) is 17.7 Å². The van der Waals surface area contributed by atoms with Crippen molar-refractivity contribution in [2.75, 3.05) is 12.0 Å². The van der Waals surface area contributed by atoms with E-state index in [4.69, 9.17) is 23.2 Å². The summed E-state index contributed by atoms with van der Waals surface area (Å²) in [4.78, 5) is 12.1. The summed E-state index contributed by atoms with van der Waals surface area (Å²) >= 11 is 12.0. The minimum absolute atomic E-state index is 0.0888. The highest BCUT2D eigenvalue weighted by atomic mass is 35.5. The first kappa shape index (κ1) is 22.8. The van der Waals surface area contributed by atoms with Crippen molar-refractivity contribution in [2.24, 2.45) is 11.8 Å². The summed E-state index contributed by atoms with van der Waals surface area (Å²) in [7, 11) is -3.90. The summed E-state index contributed by atoms with van der Waals surface area (Å²) in [5, 5.41) is 0.708. The van der Waals surface area contributed by atoms with Gasteiger partial charge in [-0.1, -0.05) is 41.4 Å². The number of benzene rings is 2. The zero-order valence-electron chi connectivity index (χ0n) is 16.0. The Morgan fingerprint density at radius 3 is 2.43 bits per heavy atom. The fourth-order valence-electron chi connectivity index (χ4n) is 3.43. The molecule has 2 aromatic rings. The topological polar surface area (TPSA) is 87.3 Å². The van der Waals surface area contributed by atoms with Gasteiger partial charge in [-0.05, 0) is 55.9 Å². The molecule has 0 heterocycles. The van der Waals surface area contributed by atoms with E-state index in [0.717, 1.165) is 6.07 Å². The van der Waals surface area contributed by atoms with Gasteiger partial charge in [0.2, 0.25) is 15.9 Å². The van der Waals surface area contributed by atoms with Gasteiger partial charge in [0, 0.05) is 12.5 Å². The maximum absolute atomic E-state index is 13.7. The second-order valence-corrected chi connectivity index (χ2v) is 9.74. The van der Waals surface area contributed by atoms with Crippen LogP contribution in [-0.4, -0.2) is 20.9 Å². The molecule has 30 heavy (non-hydrogen) atoms. The number of hydrogen-bond acceptors (Lipinski definition) is 4. The van der Waals surface area contributed by atoms with Crippen LogP contribution in [0.4, 0.5) is 10.1 Å². The van der Waals surface area contributed by atoms with Gasteiger partial charge in [0.1, 0.15) is 10.7 Å². The Hall–Kier alpha value is -1.87. The number of hydrazine groups is 1. The van der Waals surface area contributed by atoms with E-state index in [1.165, 1.54) is 18.2 Å². The Morgan fingerprint density at radius 1 is 1.03 bits per heavy atom. The molecule has 1 amide bonds. The highest BCUT2D eigenvalue weighted by molar-refractivity contribution is 7.89. The SMILES string of the molecule is O=C(NNc1cccc(Cl)c1Cl)C1CCC(CNS(=O)(=O)c2ccccc2F)CC1. The quantitative estimate of drug-likeness (QED) is 0.521. The number of rotatable bonds is 7. The summed E-state index contributed by atoms with van der Waals surface area (Å²) in [6, 6.07) is 10.3. The van der Waals surface area contributed by atoms with Crippen LogP contribution in [0.25, 0.3) is 0 Å². The number of sulfonamides is 1. The number of carbonyl (C=O) groups excluding carboxylic acids is 1. The molecule has 10 heteroatoms. The third kappa shape index (κ3) is 5.63. The number of hydrogen-bond donors (Lipinski definition) is 3. The summed E-state index contributed by atoms with van der Waals surface area (Å²) < 4.78 is 40.8. The highest BCUT2D eigenvalue weighted by Crippen LogP contribution is 2.31. The maximum Gasteiger partial charge on any atom is 0.243 e. The van der Waals surface area contributed by atoms with Crippen molar-refractivity contribution in [3.05, 3.63) is 58.3 Å². The van der Waals surface area contributed by atoms with Crippen molar-refractivity contribution in [2.45, 2.75) is 30.6 Å². The zero-order valence-corrected chi connectivity index (χ0v) is 18.3. The second kappa shape index (κ2) is 9.96. The Morgan fingerprint density at radius 2 is 1.73 bits per heavy atom. The number of carbonyl (C=O) groups is 1. The van der Waals surface area contributed by atoms with Gasteiger partial charge < -0.3 is 0 Å². The van der Waals surface area contributed by atoms with Gasteiger partial charge in [-0.2, -0.15) is 0 Å². The molecule has 1 aliphatic rings. The van der Waals surface area contributed by atoms with Crippen LogP contribution in [0.5, 0.6) is 0 Å². The molecule has 0 bridgehead atoms. The Kier molecular flexibility index (Phi) is 7.57. The molecule has 0 spiro atoms. The van der Waals surface area contributed by atoms with E-state index < -0.39 is 15.8 Å². The monoisotopic (exact) mass is 473 g/mol. The van der Waals surface area contributed by atoms with Crippen LogP contribution >= 0.6 is 23.2 Å². The van der Waals surface area contributed by atoms with Crippen LogP contribution in [0.3, 0.4) is 0 Å². The molecular formula is C20H22Cl2FN3O3S. The van der Waals surface area contributed by atoms with Crippen molar-refractivity contribution in [1.29, 1.82) is 0 Å². The molecule has 1 fully saturated rings. The number of halogens is 3. The molecule has 0 saturated heterocycles. The van der Waals surface area contributed by atoms with Crippen molar-refractivity contribution < 1.29 is 17.6 Å². The fourth-order valence-corrected chi connectivity index (χ4v) is 4.97. The lowest BCUT2D eigenvalue weighted by Gasteiger charge is -2.28. The lowest BCUT2D eigenvalue weighted by molar-refractivity contribution is -0.125. The summed E-state index contributed by atoms with van der Waals surface area (Å²) in [6.45, 7) is 0.210. The molecule has 0 atom stereocenters. The molecule has 0 aliphatic heterocycles. The molecule has 0 unspecified atom stereocenters. The Bertz CT molecular complexity index is 1010. The van der Waals surface area contributed by atoms with Crippen LogP contribution in [0.1, 0.15) is 25.7 Å². The predicted molar refractivity (Wildman–Crippen MR) is 115 cm³/mol. The number of amides is 1. The molecule has 3 rings (SSSR count). The standard InChI is InChI=1S/C20H22Cl2FN3O3S/c21-15-4-3-6-17(19(15)22)25-26-20(27)14-10-8-13(9-11-14)12-24-30(28,29)18-7-2-1-5-16(18)23/h1-7,13-14,24-25H,8-12H2,(H,26,27). The smallest absolute Gasteiger partial charge is 0.243 e. The van der Waals surface area contributed by atoms with E-state index in [2.05, 4.69) is 15.6 Å². The van der Waals surface area contributed by atoms with E-state index in [9.17, 15) is 17.6 Å². The van der Waals surface area contributed by atoms with Gasteiger partial charge in [0.15, 0.2) is 0 Å². The maximum atomic E-state index is 13.7. The van der Waals surface area contributed by atoms with Crippen molar-refractivity contribution >= 4 is 44.8 Å². The Labute approximate surface area is 185 Å². The first-order valence-corrected chi connectivity index (χ1v) is 11.8. The fraction of sp³-hybridized carbons (Fsp3) is 0.350. The van der Waals surface area contributed by atoms with E-state index in [1.54, 1.807) is 18.2 Å². The van der Waals surface area contributed by atoms with Crippen molar-refractivity contribution in [1.82, 2.24) is 10.1 Å². The minimum Gasteiger partial charge on any atom is -0.297 e. The average molecular weight is 474 g/mol. The largest absolute Gasteiger partial charge is 0.297 e. The summed E-state index contributed by atoms with van der Waals surface area (Å²) in [5.74, 6) is -1.03. The van der Waals surface area contributed by atoms with Gasteiger partial charge in [-0.3, -0.25) is 15.6 Å². The van der Waals surface area contributed by atoms with Crippen molar-refractivity contribution in [3.63, 3.8) is 0 Å². The predicted octanol–water partition coefficient (Wildman–Crippen LogP) is 4.36. The van der Waals surface area contributed by atoms with Gasteiger partial charge in [0.25, 0.3) is 0 Å². The molecule has 0 radical (unpaired) electrons. The molecule has 2 aromatic carbocycles. The molecular weight excluding hydrogens is 452 g/mol. The summed E-state index contributed by atoms with van der Waals surface area (Å²) in [6.07, 6.45) is 2.64. The first-order valence-electron chi connectivity index (χ1n) is 9.52. The van der Waals surface area contributed by atoms with Crippen LogP contribution in [-0.2, 0) is 14.8 Å². The molecule has 3 N–H and O–H groups in total.